The molecule has 0 bridgehead atoms. The summed E-state index contributed by atoms with van der Waals surface area (Å²) in [5.74, 6) is 1.73. The highest BCUT2D eigenvalue weighted by molar-refractivity contribution is 5.70. The summed E-state index contributed by atoms with van der Waals surface area (Å²) in [4.78, 5) is 16.3. The third-order valence-corrected chi connectivity index (χ3v) is 6.46. The molecule has 0 radical (unpaired) electrons. The van der Waals surface area contributed by atoms with E-state index in [2.05, 4.69) is 4.74 Å². The lowest BCUT2D eigenvalue weighted by atomic mass is 10.0. The Kier molecular flexibility index (Phi) is 9.19. The number of piperazine rings is 1. The maximum atomic E-state index is 12.7. The molecule has 1 fully saturated rings. The highest BCUT2D eigenvalue weighted by atomic mass is 19.4. The first-order valence-corrected chi connectivity index (χ1v) is 12.6. The van der Waals surface area contributed by atoms with E-state index in [0.717, 1.165) is 35.5 Å². The summed E-state index contributed by atoms with van der Waals surface area (Å²) in [5.41, 5.74) is 2.63. The van der Waals surface area contributed by atoms with Gasteiger partial charge in [0.15, 0.2) is 0 Å². The van der Waals surface area contributed by atoms with Crippen LogP contribution in [0.15, 0.2) is 66.7 Å². The molecule has 4 rings (SSSR count). The van der Waals surface area contributed by atoms with Crippen molar-refractivity contribution < 1.29 is 36.9 Å². The first-order chi connectivity index (χ1) is 18.7. The molecule has 1 saturated heterocycles. The number of carbonyl (C=O) groups is 1. The Hall–Kier alpha value is -3.92. The second kappa shape index (κ2) is 12.8. The van der Waals surface area contributed by atoms with Gasteiger partial charge < -0.3 is 23.8 Å². The number of nitrogens with zero attached hydrogens (tertiary/aromatic N) is 2. The number of hydrogen-bond donors (Lipinski definition) is 0. The molecule has 0 saturated carbocycles. The molecule has 39 heavy (non-hydrogen) atoms. The van der Waals surface area contributed by atoms with E-state index < -0.39 is 12.5 Å². The van der Waals surface area contributed by atoms with E-state index >= 15 is 0 Å². The zero-order valence-electron chi connectivity index (χ0n) is 21.9. The van der Waals surface area contributed by atoms with Crippen LogP contribution in [-0.4, -0.2) is 62.7 Å². The van der Waals surface area contributed by atoms with Crippen LogP contribution in [-0.2, 0) is 19.4 Å². The summed E-state index contributed by atoms with van der Waals surface area (Å²) < 4.78 is 58.4. The minimum Gasteiger partial charge on any atom is -0.497 e. The van der Waals surface area contributed by atoms with Gasteiger partial charge in [0.25, 0.3) is 0 Å². The molecule has 3 aromatic carbocycles. The number of aryl methyl sites for hydroxylation is 2. The molecule has 0 aromatic heterocycles. The van der Waals surface area contributed by atoms with Crippen molar-refractivity contribution in [2.24, 2.45) is 0 Å². The van der Waals surface area contributed by atoms with Crippen LogP contribution in [0.1, 0.15) is 16.7 Å². The fraction of sp³-hybridized carbons (Fsp3) is 0.345. The first-order valence-electron chi connectivity index (χ1n) is 12.6. The van der Waals surface area contributed by atoms with Gasteiger partial charge >= 0.3 is 12.5 Å². The van der Waals surface area contributed by atoms with E-state index in [0.29, 0.717) is 44.0 Å². The summed E-state index contributed by atoms with van der Waals surface area (Å²) in [7, 11) is 3.24. The summed E-state index contributed by atoms with van der Waals surface area (Å²) in [5, 5.41) is 0. The second-order valence-corrected chi connectivity index (χ2v) is 9.15. The SMILES string of the molecule is COc1cc(CCc2ccc(OC(=O)N3CCN(Cc4ccccc4OC(F)(F)F)CC3)cc2)cc(OC)c1. The van der Waals surface area contributed by atoms with E-state index in [1.54, 1.807) is 43.4 Å². The largest absolute Gasteiger partial charge is 0.573 e. The van der Waals surface area contributed by atoms with Crippen molar-refractivity contribution in [2.75, 3.05) is 40.4 Å². The van der Waals surface area contributed by atoms with Crippen LogP contribution in [0, 0.1) is 0 Å². The molecule has 0 N–H and O–H groups in total. The van der Waals surface area contributed by atoms with Crippen LogP contribution in [0.4, 0.5) is 18.0 Å². The quantitative estimate of drug-likeness (QED) is 0.344. The Morgan fingerprint density at radius 3 is 2.03 bits per heavy atom. The second-order valence-electron chi connectivity index (χ2n) is 9.15. The zero-order chi connectivity index (χ0) is 27.8. The molecule has 0 aliphatic carbocycles. The molecule has 1 amide bonds. The van der Waals surface area contributed by atoms with Crippen molar-refractivity contribution in [3.63, 3.8) is 0 Å². The number of carbonyl (C=O) groups excluding carboxylic acids is 1. The van der Waals surface area contributed by atoms with Gasteiger partial charge in [-0.25, -0.2) is 4.79 Å². The maximum absolute atomic E-state index is 12.7. The molecule has 0 atom stereocenters. The van der Waals surface area contributed by atoms with E-state index in [1.165, 1.54) is 12.1 Å². The van der Waals surface area contributed by atoms with Gasteiger partial charge in [0.2, 0.25) is 0 Å². The average Bonchev–Trinajstić information content (AvgIpc) is 2.93. The molecular weight excluding hydrogens is 513 g/mol. The molecule has 7 nitrogen and oxygen atoms in total. The lowest BCUT2D eigenvalue weighted by molar-refractivity contribution is -0.275. The normalized spacial score (nSPS) is 14.1. The van der Waals surface area contributed by atoms with E-state index in [9.17, 15) is 18.0 Å². The van der Waals surface area contributed by atoms with Gasteiger partial charge in [-0.05, 0) is 54.3 Å². The number of benzene rings is 3. The number of ether oxygens (including phenoxy) is 4. The third kappa shape index (κ3) is 8.28. The van der Waals surface area contributed by atoms with Gasteiger partial charge in [-0.1, -0.05) is 30.3 Å². The minimum atomic E-state index is -4.75. The van der Waals surface area contributed by atoms with E-state index in [1.807, 2.05) is 35.2 Å². The lowest BCUT2D eigenvalue weighted by Gasteiger charge is -2.34. The van der Waals surface area contributed by atoms with Crippen LogP contribution < -0.4 is 18.9 Å². The van der Waals surface area contributed by atoms with E-state index in [4.69, 9.17) is 14.2 Å². The molecular formula is C29H31F3N2O5. The van der Waals surface area contributed by atoms with Crippen molar-refractivity contribution in [1.82, 2.24) is 9.80 Å². The number of amides is 1. The van der Waals surface area contributed by atoms with Crippen molar-refractivity contribution >= 4 is 6.09 Å². The molecule has 1 heterocycles. The van der Waals surface area contributed by atoms with Crippen molar-refractivity contribution in [1.29, 1.82) is 0 Å². The standard InChI is InChI=1S/C29H31F3N2O5/c1-36-25-17-22(18-26(19-25)37-2)8-7-21-9-11-24(12-10-21)38-28(35)34-15-13-33(14-16-34)20-23-5-3-4-6-27(23)39-29(30,31)32/h3-6,9-12,17-19H,7-8,13-16,20H2,1-2H3. The Bertz CT molecular complexity index is 1220. The fourth-order valence-electron chi connectivity index (χ4n) is 4.38. The number of hydrogen-bond acceptors (Lipinski definition) is 6. The Balaban J connectivity index is 1.25. The van der Waals surface area contributed by atoms with Gasteiger partial charge in [0, 0.05) is 44.4 Å². The number of halogens is 3. The number of para-hydroxylation sites is 1. The van der Waals surface area contributed by atoms with Crippen LogP contribution in [0.25, 0.3) is 0 Å². The Labute approximate surface area is 225 Å². The molecule has 1 aliphatic rings. The predicted octanol–water partition coefficient (Wildman–Crippen LogP) is 5.70. The third-order valence-electron chi connectivity index (χ3n) is 6.46. The number of rotatable bonds is 9. The van der Waals surface area contributed by atoms with Gasteiger partial charge in [-0.2, -0.15) is 0 Å². The topological polar surface area (TPSA) is 60.5 Å². The van der Waals surface area contributed by atoms with Crippen LogP contribution >= 0.6 is 0 Å². The zero-order valence-corrected chi connectivity index (χ0v) is 21.9. The average molecular weight is 545 g/mol. The van der Waals surface area contributed by atoms with Crippen molar-refractivity contribution in [3.05, 3.63) is 83.4 Å². The number of methoxy groups -OCH3 is 2. The Morgan fingerprint density at radius 1 is 0.795 bits per heavy atom. The molecule has 0 unspecified atom stereocenters. The summed E-state index contributed by atoms with van der Waals surface area (Å²) >= 11 is 0. The van der Waals surface area contributed by atoms with Gasteiger partial charge in [-0.15, -0.1) is 13.2 Å². The van der Waals surface area contributed by atoms with Crippen LogP contribution in [0.5, 0.6) is 23.0 Å². The summed E-state index contributed by atoms with van der Waals surface area (Å²) in [6, 6.07) is 19.3. The Morgan fingerprint density at radius 2 is 1.41 bits per heavy atom. The highest BCUT2D eigenvalue weighted by Crippen LogP contribution is 2.28. The monoisotopic (exact) mass is 544 g/mol. The fourth-order valence-corrected chi connectivity index (χ4v) is 4.38. The predicted molar refractivity (Wildman–Crippen MR) is 139 cm³/mol. The van der Waals surface area contributed by atoms with E-state index in [-0.39, 0.29) is 5.75 Å². The summed E-state index contributed by atoms with van der Waals surface area (Å²) in [6.45, 7) is 2.11. The molecule has 1 aliphatic heterocycles. The van der Waals surface area contributed by atoms with Crippen LogP contribution in [0.2, 0.25) is 0 Å². The maximum Gasteiger partial charge on any atom is 0.573 e. The van der Waals surface area contributed by atoms with Crippen molar-refractivity contribution in [2.45, 2.75) is 25.7 Å². The first kappa shape index (κ1) is 28.1. The molecule has 208 valence electrons. The van der Waals surface area contributed by atoms with Gasteiger partial charge in [0.1, 0.15) is 23.0 Å². The molecule has 10 heteroatoms. The summed E-state index contributed by atoms with van der Waals surface area (Å²) in [6.07, 6.45) is -3.61. The lowest BCUT2D eigenvalue weighted by Crippen LogP contribution is -2.49. The van der Waals surface area contributed by atoms with Gasteiger partial charge in [-0.3, -0.25) is 4.90 Å². The van der Waals surface area contributed by atoms with Crippen molar-refractivity contribution in [3.8, 4) is 23.0 Å². The highest BCUT2D eigenvalue weighted by Gasteiger charge is 2.32. The van der Waals surface area contributed by atoms with Crippen LogP contribution in [0.3, 0.4) is 0 Å². The molecule has 3 aromatic rings. The molecule has 0 spiro atoms. The minimum absolute atomic E-state index is 0.210. The number of alkyl halides is 3. The smallest absolute Gasteiger partial charge is 0.497 e. The van der Waals surface area contributed by atoms with Gasteiger partial charge in [0.05, 0.1) is 14.2 Å².